The number of aromatic nitrogens is 2. The highest BCUT2D eigenvalue weighted by Crippen LogP contribution is 2.20. The Balaban J connectivity index is 1.85. The van der Waals surface area contributed by atoms with E-state index < -0.39 is 22.0 Å². The highest BCUT2D eigenvalue weighted by Gasteiger charge is 2.24. The molecule has 0 fully saturated rings. The Morgan fingerprint density at radius 2 is 2.12 bits per heavy atom. The molecule has 1 atom stereocenters. The van der Waals surface area contributed by atoms with Crippen LogP contribution in [0.5, 0.6) is 0 Å². The van der Waals surface area contributed by atoms with Crippen LogP contribution >= 0.6 is 0 Å². The second-order valence-electron chi connectivity index (χ2n) is 5.82. The molecule has 8 nitrogen and oxygen atoms in total. The molecule has 0 radical (unpaired) electrons. The minimum absolute atomic E-state index is 0.194. The molecule has 1 aromatic carbocycles. The molecule has 0 saturated carbocycles. The summed E-state index contributed by atoms with van der Waals surface area (Å²) in [5.74, 6) is 0.269. The molecular weight excluding hydrogens is 344 g/mol. The number of nitrogens with one attached hydrogen (secondary N) is 3. The summed E-state index contributed by atoms with van der Waals surface area (Å²) in [6, 6.07) is 8.19. The van der Waals surface area contributed by atoms with Crippen molar-refractivity contribution < 1.29 is 17.7 Å². The van der Waals surface area contributed by atoms with Gasteiger partial charge in [-0.3, -0.25) is 4.79 Å². The maximum absolute atomic E-state index is 12.5. The average Bonchev–Trinajstić information content (AvgIpc) is 3.12. The highest BCUT2D eigenvalue weighted by molar-refractivity contribution is 7.88. The zero-order chi connectivity index (χ0) is 18.0. The normalized spacial score (nSPS) is 13.0. The third-order valence-electron chi connectivity index (χ3n) is 3.65. The van der Waals surface area contributed by atoms with Crippen molar-refractivity contribution in [3.8, 4) is 0 Å². The first-order valence-corrected chi connectivity index (χ1v) is 9.47. The number of benzene rings is 1. The number of carbonyl (C=O) groups is 1. The number of amides is 1. The summed E-state index contributed by atoms with van der Waals surface area (Å²) in [4.78, 5) is 15.6. The number of hydrogen-bond acceptors (Lipinski definition) is 5. The second-order valence-corrected chi connectivity index (χ2v) is 7.60. The van der Waals surface area contributed by atoms with Crippen LogP contribution in [0.15, 0.2) is 41.1 Å². The summed E-state index contributed by atoms with van der Waals surface area (Å²) in [5.41, 5.74) is 1.76. The van der Waals surface area contributed by atoms with Crippen molar-refractivity contribution in [1.29, 1.82) is 0 Å². The molecule has 0 saturated heterocycles. The lowest BCUT2D eigenvalue weighted by Gasteiger charge is -2.16. The monoisotopic (exact) mass is 362 g/mol. The molecule has 0 aliphatic carbocycles. The van der Waals surface area contributed by atoms with E-state index in [1.807, 2.05) is 24.3 Å². The molecule has 0 unspecified atom stereocenters. The van der Waals surface area contributed by atoms with Gasteiger partial charge in [-0.05, 0) is 25.0 Å². The molecule has 3 rings (SSSR count). The number of hydrogen-bond donors (Lipinski definition) is 3. The maximum atomic E-state index is 12.5. The summed E-state index contributed by atoms with van der Waals surface area (Å²) >= 11 is 0. The van der Waals surface area contributed by atoms with E-state index in [0.29, 0.717) is 5.76 Å². The lowest BCUT2D eigenvalue weighted by atomic mass is 10.1. The van der Waals surface area contributed by atoms with E-state index in [2.05, 4.69) is 20.2 Å². The number of aromatic amines is 1. The molecular formula is C16H18N4O4S. The number of fused-ring (bicyclic) bond motifs is 1. The summed E-state index contributed by atoms with van der Waals surface area (Å²) in [6.07, 6.45) is 2.98. The van der Waals surface area contributed by atoms with E-state index in [9.17, 15) is 13.2 Å². The van der Waals surface area contributed by atoms with Crippen molar-refractivity contribution in [3.05, 3.63) is 47.9 Å². The van der Waals surface area contributed by atoms with Gasteiger partial charge in [0, 0.05) is 23.2 Å². The third kappa shape index (κ3) is 4.25. The largest absolute Gasteiger partial charge is 0.361 e. The maximum Gasteiger partial charge on any atom is 0.244 e. The van der Waals surface area contributed by atoms with Crippen molar-refractivity contribution in [2.75, 3.05) is 11.6 Å². The van der Waals surface area contributed by atoms with Gasteiger partial charge >= 0.3 is 0 Å². The van der Waals surface area contributed by atoms with Crippen molar-refractivity contribution in [2.45, 2.75) is 19.4 Å². The predicted octanol–water partition coefficient (Wildman–Crippen LogP) is 1.56. The minimum atomic E-state index is -3.58. The van der Waals surface area contributed by atoms with Gasteiger partial charge in [0.2, 0.25) is 15.9 Å². The Labute approximate surface area is 144 Å². The Bertz CT molecular complexity index is 1010. The van der Waals surface area contributed by atoms with Crippen LogP contribution in [0.3, 0.4) is 0 Å². The van der Waals surface area contributed by atoms with Gasteiger partial charge in [-0.2, -0.15) is 0 Å². The zero-order valence-electron chi connectivity index (χ0n) is 13.7. The Morgan fingerprint density at radius 1 is 1.36 bits per heavy atom. The van der Waals surface area contributed by atoms with Crippen LogP contribution in [0.1, 0.15) is 11.3 Å². The van der Waals surface area contributed by atoms with Gasteiger partial charge in [0.1, 0.15) is 11.8 Å². The molecule has 0 bridgehead atoms. The first-order valence-electron chi connectivity index (χ1n) is 7.58. The van der Waals surface area contributed by atoms with Gasteiger partial charge in [-0.1, -0.05) is 23.4 Å². The first-order chi connectivity index (χ1) is 11.8. The van der Waals surface area contributed by atoms with Gasteiger partial charge in [-0.25, -0.2) is 13.1 Å². The Morgan fingerprint density at radius 3 is 2.80 bits per heavy atom. The number of carbonyl (C=O) groups excluding carboxylic acids is 1. The smallest absolute Gasteiger partial charge is 0.244 e. The molecule has 0 aliphatic rings. The molecule has 0 spiro atoms. The number of rotatable bonds is 6. The third-order valence-corrected chi connectivity index (χ3v) is 4.36. The van der Waals surface area contributed by atoms with E-state index >= 15 is 0 Å². The quantitative estimate of drug-likeness (QED) is 0.615. The number of aryl methyl sites for hydroxylation is 1. The molecule has 2 heterocycles. The van der Waals surface area contributed by atoms with E-state index in [1.165, 1.54) is 0 Å². The number of anilines is 1. The molecule has 1 amide bonds. The van der Waals surface area contributed by atoms with Crippen LogP contribution in [0.2, 0.25) is 0 Å². The molecule has 9 heteroatoms. The lowest BCUT2D eigenvalue weighted by molar-refractivity contribution is -0.117. The van der Waals surface area contributed by atoms with E-state index in [1.54, 1.807) is 19.2 Å². The number of sulfonamides is 1. The van der Waals surface area contributed by atoms with Crippen molar-refractivity contribution >= 4 is 32.7 Å². The van der Waals surface area contributed by atoms with Gasteiger partial charge in [0.25, 0.3) is 0 Å². The summed E-state index contributed by atoms with van der Waals surface area (Å²) < 4.78 is 30.6. The van der Waals surface area contributed by atoms with Crippen LogP contribution in [0, 0.1) is 6.92 Å². The van der Waals surface area contributed by atoms with Crippen LogP contribution < -0.4 is 10.0 Å². The van der Waals surface area contributed by atoms with Crippen molar-refractivity contribution in [1.82, 2.24) is 14.9 Å². The van der Waals surface area contributed by atoms with Gasteiger partial charge < -0.3 is 14.8 Å². The molecule has 2 aromatic heterocycles. The van der Waals surface area contributed by atoms with Crippen LogP contribution in [0.25, 0.3) is 10.9 Å². The molecule has 3 aromatic rings. The fourth-order valence-electron chi connectivity index (χ4n) is 2.61. The molecule has 0 aliphatic heterocycles. The minimum Gasteiger partial charge on any atom is -0.361 e. The summed E-state index contributed by atoms with van der Waals surface area (Å²) in [5, 5.41) is 7.19. The predicted molar refractivity (Wildman–Crippen MR) is 93.6 cm³/mol. The van der Waals surface area contributed by atoms with Crippen LogP contribution in [0.4, 0.5) is 5.82 Å². The topological polar surface area (TPSA) is 117 Å². The van der Waals surface area contributed by atoms with Gasteiger partial charge in [0.15, 0.2) is 5.82 Å². The fraction of sp³-hybridized carbons (Fsp3) is 0.250. The second kappa shape index (κ2) is 6.69. The lowest BCUT2D eigenvalue weighted by Crippen LogP contribution is -2.44. The Kier molecular flexibility index (Phi) is 4.60. The highest BCUT2D eigenvalue weighted by atomic mass is 32.2. The van der Waals surface area contributed by atoms with Crippen molar-refractivity contribution in [3.63, 3.8) is 0 Å². The van der Waals surface area contributed by atoms with Crippen LogP contribution in [-0.2, 0) is 21.2 Å². The number of nitrogens with zero attached hydrogens (tertiary/aromatic N) is 1. The number of para-hydroxylation sites is 1. The van der Waals surface area contributed by atoms with Gasteiger partial charge in [-0.15, -0.1) is 0 Å². The van der Waals surface area contributed by atoms with Crippen molar-refractivity contribution in [2.24, 2.45) is 0 Å². The fourth-order valence-corrected chi connectivity index (χ4v) is 3.31. The first kappa shape index (κ1) is 17.2. The zero-order valence-corrected chi connectivity index (χ0v) is 14.6. The standard InChI is InChI=1S/C16H18N4O4S/c1-10-7-15(19-24-10)18-16(21)14(20-25(2,22)23)8-11-9-17-13-6-4-3-5-12(11)13/h3-7,9,14,17,20H,8H2,1-2H3,(H,18,19,21)/t14-/m0/s1. The Hall–Kier alpha value is -2.65. The SMILES string of the molecule is Cc1cc(NC(=O)[C@H](Cc2c[nH]c3ccccc23)NS(C)(=O)=O)no1. The molecule has 132 valence electrons. The number of H-pyrrole nitrogens is 1. The van der Waals surface area contributed by atoms with Crippen LogP contribution in [-0.4, -0.2) is 36.8 Å². The molecule has 3 N–H and O–H groups in total. The average molecular weight is 362 g/mol. The van der Waals surface area contributed by atoms with E-state index in [4.69, 9.17) is 4.52 Å². The van der Waals surface area contributed by atoms with E-state index in [0.717, 1.165) is 22.7 Å². The summed E-state index contributed by atoms with van der Waals surface area (Å²) in [6.45, 7) is 1.70. The van der Waals surface area contributed by atoms with Gasteiger partial charge in [0.05, 0.1) is 6.26 Å². The summed E-state index contributed by atoms with van der Waals surface area (Å²) in [7, 11) is -3.58. The van der Waals surface area contributed by atoms with E-state index in [-0.39, 0.29) is 12.2 Å². The molecule has 25 heavy (non-hydrogen) atoms.